The van der Waals surface area contributed by atoms with Crippen LogP contribution in [0.4, 0.5) is 28.6 Å². The van der Waals surface area contributed by atoms with Crippen LogP contribution < -0.4 is 28.7 Å². The summed E-state index contributed by atoms with van der Waals surface area (Å²) in [6.45, 7) is 0. The van der Waals surface area contributed by atoms with Gasteiger partial charge in [0.25, 0.3) is 0 Å². The van der Waals surface area contributed by atoms with Crippen LogP contribution in [0.1, 0.15) is 10.4 Å². The number of carboxylic acid groups (broad SMARTS) is 1. The van der Waals surface area contributed by atoms with Gasteiger partial charge in [0.05, 0.1) is 27.8 Å². The van der Waals surface area contributed by atoms with Crippen molar-refractivity contribution in [1.29, 1.82) is 0 Å². The van der Waals surface area contributed by atoms with Gasteiger partial charge in [-0.05, 0) is 0 Å². The van der Waals surface area contributed by atoms with Crippen molar-refractivity contribution < 1.29 is 9.90 Å². The molecule has 0 radical (unpaired) electrons. The maximum Gasteiger partial charge on any atom is 0.341 e. The lowest BCUT2D eigenvalue weighted by Gasteiger charge is -2.15. The fraction of sp³-hybridized carbons (Fsp3) is 0. The van der Waals surface area contributed by atoms with E-state index in [1.807, 2.05) is 0 Å². The number of hydrogen-bond donors (Lipinski definition) is 6. The second-order valence-corrected chi connectivity index (χ2v) is 4.25. The zero-order chi connectivity index (χ0) is 14.5. The largest absolute Gasteiger partial charge is 0.478 e. The summed E-state index contributed by atoms with van der Waals surface area (Å²) in [7, 11) is 0. The van der Waals surface area contributed by atoms with Crippen molar-refractivity contribution in [3.63, 3.8) is 0 Å². The van der Waals surface area contributed by atoms with Crippen LogP contribution in [0.5, 0.6) is 0 Å². The van der Waals surface area contributed by atoms with E-state index in [1.165, 1.54) is 0 Å². The van der Waals surface area contributed by atoms with Crippen molar-refractivity contribution in [2.24, 2.45) is 0 Å². The third-order valence-electron chi connectivity index (χ3n) is 2.77. The number of aromatic nitrogens is 1. The highest BCUT2D eigenvalue weighted by molar-refractivity contribution is 6.41. The number of benzene rings is 1. The van der Waals surface area contributed by atoms with Gasteiger partial charge in [0.15, 0.2) is 0 Å². The Labute approximate surface area is 112 Å². The minimum Gasteiger partial charge on any atom is -0.478 e. The van der Waals surface area contributed by atoms with Crippen LogP contribution in [-0.4, -0.2) is 16.1 Å². The fourth-order valence-corrected chi connectivity index (χ4v) is 2.14. The van der Waals surface area contributed by atoms with Crippen LogP contribution >= 0.6 is 11.6 Å². The summed E-state index contributed by atoms with van der Waals surface area (Å²) in [6.07, 6.45) is 0. The number of nitrogens with two attached hydrogens (primary N) is 5. The molecule has 1 heterocycles. The van der Waals surface area contributed by atoms with E-state index >= 15 is 0 Å². The summed E-state index contributed by atoms with van der Waals surface area (Å²) in [5.74, 6) is -1.61. The molecule has 1 aromatic heterocycles. The second-order valence-electron chi connectivity index (χ2n) is 3.87. The maximum atomic E-state index is 11.1. The summed E-state index contributed by atoms with van der Waals surface area (Å²) in [5, 5.41) is 9.01. The van der Waals surface area contributed by atoms with Crippen molar-refractivity contribution in [1.82, 2.24) is 4.98 Å². The smallest absolute Gasteiger partial charge is 0.341 e. The third kappa shape index (κ3) is 1.61. The molecule has 0 aliphatic carbocycles. The monoisotopic (exact) mass is 282 g/mol. The predicted octanol–water partition coefficient (Wildman–Crippen LogP) is 0.497. The highest BCUT2D eigenvalue weighted by atomic mass is 35.5. The maximum absolute atomic E-state index is 11.1. The van der Waals surface area contributed by atoms with Crippen molar-refractivity contribution in [2.75, 3.05) is 28.7 Å². The topological polar surface area (TPSA) is 180 Å². The summed E-state index contributed by atoms with van der Waals surface area (Å²) >= 11 is 6.01. The molecule has 0 amide bonds. The molecule has 2 aromatic rings. The van der Waals surface area contributed by atoms with Gasteiger partial charge >= 0.3 is 5.97 Å². The van der Waals surface area contributed by atoms with Gasteiger partial charge in [-0.3, -0.25) is 0 Å². The van der Waals surface area contributed by atoms with E-state index in [0.717, 1.165) is 0 Å². The number of aromatic carboxylic acids is 1. The first kappa shape index (κ1) is 12.8. The van der Waals surface area contributed by atoms with Crippen LogP contribution in [0.15, 0.2) is 0 Å². The molecule has 11 N–H and O–H groups in total. The standard InChI is InChI=1S/C10H11ClN6O2/c11-3-1-4(12)5(13)6(14)7(15)8(1)17-9(16)2(3)10(18)19/h12-15H2,(H2,16,17)(H,18,19). The van der Waals surface area contributed by atoms with Gasteiger partial charge in [-0.1, -0.05) is 11.6 Å². The number of fused-ring (bicyclic) bond motifs is 1. The van der Waals surface area contributed by atoms with E-state index in [1.54, 1.807) is 0 Å². The Kier molecular flexibility index (Phi) is 2.67. The Bertz CT molecular complexity index is 730. The van der Waals surface area contributed by atoms with Gasteiger partial charge in [-0.15, -0.1) is 0 Å². The van der Waals surface area contributed by atoms with Crippen molar-refractivity contribution >= 4 is 57.0 Å². The third-order valence-corrected chi connectivity index (χ3v) is 3.15. The molecule has 9 heteroatoms. The summed E-state index contributed by atoms with van der Waals surface area (Å²) in [5.41, 5.74) is 28.4. The second kappa shape index (κ2) is 3.95. The molecule has 8 nitrogen and oxygen atoms in total. The summed E-state index contributed by atoms with van der Waals surface area (Å²) in [6, 6.07) is 0. The van der Waals surface area contributed by atoms with Crippen molar-refractivity contribution in [2.45, 2.75) is 0 Å². The number of carboxylic acids is 1. The fourth-order valence-electron chi connectivity index (χ4n) is 1.77. The lowest BCUT2D eigenvalue weighted by atomic mass is 10.1. The molecule has 0 fully saturated rings. The molecule has 0 atom stereocenters. The van der Waals surface area contributed by atoms with Gasteiger partial charge in [0.1, 0.15) is 16.9 Å². The van der Waals surface area contributed by atoms with Crippen LogP contribution in [0, 0.1) is 0 Å². The molecular weight excluding hydrogens is 272 g/mol. The highest BCUT2D eigenvalue weighted by Crippen LogP contribution is 2.42. The molecule has 0 saturated carbocycles. The molecule has 1 aromatic carbocycles. The minimum atomic E-state index is -1.33. The number of carbonyl (C=O) groups is 1. The zero-order valence-electron chi connectivity index (χ0n) is 9.57. The minimum absolute atomic E-state index is 0.0155. The lowest BCUT2D eigenvalue weighted by molar-refractivity contribution is 0.0698. The van der Waals surface area contributed by atoms with E-state index in [2.05, 4.69) is 4.98 Å². The van der Waals surface area contributed by atoms with E-state index < -0.39 is 5.97 Å². The number of nitrogens with zero attached hydrogens (tertiary/aromatic N) is 1. The summed E-state index contributed by atoms with van der Waals surface area (Å²) in [4.78, 5) is 15.0. The predicted molar refractivity (Wildman–Crippen MR) is 75.8 cm³/mol. The van der Waals surface area contributed by atoms with Crippen LogP contribution in [0.25, 0.3) is 10.9 Å². The molecule has 2 rings (SSSR count). The molecule has 0 aliphatic heterocycles. The number of pyridine rings is 1. The van der Waals surface area contributed by atoms with Gasteiger partial charge in [0, 0.05) is 5.39 Å². The van der Waals surface area contributed by atoms with E-state index in [0.29, 0.717) is 0 Å². The van der Waals surface area contributed by atoms with Gasteiger partial charge < -0.3 is 33.8 Å². The number of hydrogen-bond acceptors (Lipinski definition) is 7. The van der Waals surface area contributed by atoms with Gasteiger partial charge in [-0.25, -0.2) is 9.78 Å². The Morgan fingerprint density at radius 1 is 1.00 bits per heavy atom. The molecule has 19 heavy (non-hydrogen) atoms. The van der Waals surface area contributed by atoms with E-state index in [-0.39, 0.29) is 50.1 Å². The Balaban J connectivity index is 3.11. The van der Waals surface area contributed by atoms with Crippen LogP contribution in [0.3, 0.4) is 0 Å². The molecular formula is C10H11ClN6O2. The molecule has 0 unspecified atom stereocenters. The molecule has 0 bridgehead atoms. The average Bonchev–Trinajstić information content (AvgIpc) is 2.32. The quantitative estimate of drug-likeness (QED) is 0.409. The average molecular weight is 283 g/mol. The Morgan fingerprint density at radius 3 is 2.05 bits per heavy atom. The van der Waals surface area contributed by atoms with Crippen molar-refractivity contribution in [3.05, 3.63) is 10.6 Å². The van der Waals surface area contributed by atoms with Crippen LogP contribution in [-0.2, 0) is 0 Å². The normalized spacial score (nSPS) is 10.8. The zero-order valence-corrected chi connectivity index (χ0v) is 10.3. The first-order valence-corrected chi connectivity index (χ1v) is 5.39. The van der Waals surface area contributed by atoms with Gasteiger partial charge in [-0.2, -0.15) is 0 Å². The number of anilines is 5. The summed E-state index contributed by atoms with van der Waals surface area (Å²) < 4.78 is 0. The SMILES string of the molecule is Nc1nc2c(N)c(N)c(N)c(N)c2c(Cl)c1C(=O)O. The van der Waals surface area contributed by atoms with Crippen molar-refractivity contribution in [3.8, 4) is 0 Å². The van der Waals surface area contributed by atoms with E-state index in [9.17, 15) is 4.79 Å². The Hall–Kier alpha value is -2.61. The highest BCUT2D eigenvalue weighted by Gasteiger charge is 2.23. The first-order chi connectivity index (χ1) is 8.77. The molecule has 100 valence electrons. The number of nitrogen functional groups attached to an aromatic ring is 5. The number of halogens is 1. The molecule has 0 spiro atoms. The molecule has 0 saturated heterocycles. The first-order valence-electron chi connectivity index (χ1n) is 5.01. The molecule has 0 aliphatic rings. The van der Waals surface area contributed by atoms with Gasteiger partial charge in [0.2, 0.25) is 0 Å². The number of rotatable bonds is 1. The van der Waals surface area contributed by atoms with E-state index in [4.69, 9.17) is 45.4 Å². The lowest BCUT2D eigenvalue weighted by Crippen LogP contribution is -2.11. The van der Waals surface area contributed by atoms with Crippen LogP contribution in [0.2, 0.25) is 5.02 Å². The Morgan fingerprint density at radius 2 is 1.53 bits per heavy atom.